The van der Waals surface area contributed by atoms with Crippen LogP contribution in [0.15, 0.2) is 78.0 Å². The van der Waals surface area contributed by atoms with Crippen molar-refractivity contribution in [3.8, 4) is 0 Å². The monoisotopic (exact) mass is 320 g/mol. The molecule has 1 heterocycles. The third-order valence-electron chi connectivity index (χ3n) is 3.28. The van der Waals surface area contributed by atoms with Gasteiger partial charge in [0.25, 0.3) is 0 Å². The highest BCUT2D eigenvalue weighted by Gasteiger charge is 2.13. The van der Waals surface area contributed by atoms with Gasteiger partial charge in [-0.3, -0.25) is 14.8 Å². The van der Waals surface area contributed by atoms with Crippen molar-refractivity contribution < 1.29 is 4.79 Å². The lowest BCUT2D eigenvalue weighted by Crippen LogP contribution is -2.01. The Bertz CT molecular complexity index is 846. The van der Waals surface area contributed by atoms with E-state index in [4.69, 9.17) is 11.6 Å². The largest absolute Gasteiger partial charge is 0.289 e. The molecule has 0 aliphatic carbocycles. The van der Waals surface area contributed by atoms with E-state index in [-0.39, 0.29) is 5.78 Å². The van der Waals surface area contributed by atoms with Crippen LogP contribution in [0.25, 0.3) is 0 Å². The standard InChI is InChI=1S/C19H13ClN2O/c20-16-8-9-18(22-13-14-5-4-10-21-12-14)17(11-16)19(23)15-6-2-1-3-7-15/h1-13H. The fraction of sp³-hybridized carbons (Fsp3) is 0. The molecule has 0 amide bonds. The van der Waals surface area contributed by atoms with Gasteiger partial charge in [-0.05, 0) is 24.3 Å². The molecule has 0 radical (unpaired) electrons. The van der Waals surface area contributed by atoms with Crippen LogP contribution in [0.3, 0.4) is 0 Å². The van der Waals surface area contributed by atoms with Gasteiger partial charge in [-0.15, -0.1) is 0 Å². The summed E-state index contributed by atoms with van der Waals surface area (Å²) >= 11 is 6.05. The maximum Gasteiger partial charge on any atom is 0.195 e. The van der Waals surface area contributed by atoms with Crippen LogP contribution in [0, 0.1) is 0 Å². The Morgan fingerprint density at radius 2 is 1.87 bits per heavy atom. The minimum atomic E-state index is -0.105. The number of hydrogen-bond acceptors (Lipinski definition) is 3. The predicted octanol–water partition coefficient (Wildman–Crippen LogP) is 4.72. The molecule has 0 saturated heterocycles. The molecule has 0 aliphatic heterocycles. The molecule has 0 spiro atoms. The molecule has 112 valence electrons. The SMILES string of the molecule is O=C(c1ccccc1)c1cc(Cl)ccc1N=Cc1cccnc1. The summed E-state index contributed by atoms with van der Waals surface area (Å²) in [6, 6.07) is 17.9. The van der Waals surface area contributed by atoms with Crippen molar-refractivity contribution in [1.29, 1.82) is 0 Å². The maximum atomic E-state index is 12.7. The minimum absolute atomic E-state index is 0.105. The molecule has 0 N–H and O–H groups in total. The predicted molar refractivity (Wildman–Crippen MR) is 92.8 cm³/mol. The van der Waals surface area contributed by atoms with Crippen molar-refractivity contribution in [2.75, 3.05) is 0 Å². The average Bonchev–Trinajstić information content (AvgIpc) is 2.61. The Morgan fingerprint density at radius 3 is 2.61 bits per heavy atom. The summed E-state index contributed by atoms with van der Waals surface area (Å²) < 4.78 is 0. The van der Waals surface area contributed by atoms with E-state index in [2.05, 4.69) is 9.98 Å². The molecule has 0 fully saturated rings. The molecule has 0 unspecified atom stereocenters. The summed E-state index contributed by atoms with van der Waals surface area (Å²) in [4.78, 5) is 21.1. The molecular weight excluding hydrogens is 308 g/mol. The molecule has 0 saturated carbocycles. The molecule has 0 bridgehead atoms. The topological polar surface area (TPSA) is 42.3 Å². The second-order valence-corrected chi connectivity index (χ2v) is 5.34. The molecule has 23 heavy (non-hydrogen) atoms. The summed E-state index contributed by atoms with van der Waals surface area (Å²) in [6.07, 6.45) is 5.08. The number of pyridine rings is 1. The van der Waals surface area contributed by atoms with Gasteiger partial charge in [0.2, 0.25) is 0 Å². The Balaban J connectivity index is 1.99. The third kappa shape index (κ3) is 3.71. The Labute approximate surface area is 139 Å². The fourth-order valence-corrected chi connectivity index (χ4v) is 2.32. The molecular formula is C19H13ClN2O. The zero-order chi connectivity index (χ0) is 16.1. The highest BCUT2D eigenvalue weighted by atomic mass is 35.5. The van der Waals surface area contributed by atoms with Gasteiger partial charge < -0.3 is 0 Å². The molecule has 0 atom stereocenters. The van der Waals surface area contributed by atoms with Crippen molar-refractivity contribution in [3.05, 3.63) is 94.8 Å². The first-order valence-electron chi connectivity index (χ1n) is 7.07. The molecule has 2 aromatic carbocycles. The van der Waals surface area contributed by atoms with Crippen LogP contribution in [-0.2, 0) is 0 Å². The normalized spacial score (nSPS) is 10.8. The van der Waals surface area contributed by atoms with Gasteiger partial charge in [0.1, 0.15) is 0 Å². The van der Waals surface area contributed by atoms with E-state index in [9.17, 15) is 4.79 Å². The number of rotatable bonds is 4. The van der Waals surface area contributed by atoms with Gasteiger partial charge in [0.15, 0.2) is 5.78 Å². The maximum absolute atomic E-state index is 12.7. The minimum Gasteiger partial charge on any atom is -0.289 e. The molecule has 0 aliphatic rings. The van der Waals surface area contributed by atoms with Crippen molar-refractivity contribution in [3.63, 3.8) is 0 Å². The van der Waals surface area contributed by atoms with E-state index in [0.717, 1.165) is 5.56 Å². The molecule has 3 nitrogen and oxygen atoms in total. The van der Waals surface area contributed by atoms with Gasteiger partial charge in [0.05, 0.1) is 5.69 Å². The number of ketones is 1. The first-order valence-corrected chi connectivity index (χ1v) is 7.45. The van der Waals surface area contributed by atoms with Crippen molar-refractivity contribution >= 4 is 29.3 Å². The van der Waals surface area contributed by atoms with Crippen LogP contribution in [0.4, 0.5) is 5.69 Å². The van der Waals surface area contributed by atoms with Crippen LogP contribution in [0.1, 0.15) is 21.5 Å². The lowest BCUT2D eigenvalue weighted by atomic mass is 10.0. The lowest BCUT2D eigenvalue weighted by molar-refractivity contribution is 0.103. The highest BCUT2D eigenvalue weighted by Crippen LogP contribution is 2.26. The summed E-state index contributed by atoms with van der Waals surface area (Å²) in [5.41, 5.74) is 2.52. The van der Waals surface area contributed by atoms with E-state index in [1.807, 2.05) is 30.3 Å². The molecule has 1 aromatic heterocycles. The van der Waals surface area contributed by atoms with Crippen LogP contribution in [0.2, 0.25) is 5.02 Å². The van der Waals surface area contributed by atoms with Crippen LogP contribution < -0.4 is 0 Å². The van der Waals surface area contributed by atoms with E-state index < -0.39 is 0 Å². The number of aromatic nitrogens is 1. The van der Waals surface area contributed by atoms with E-state index in [1.165, 1.54) is 0 Å². The zero-order valence-corrected chi connectivity index (χ0v) is 12.9. The van der Waals surface area contributed by atoms with Crippen molar-refractivity contribution in [1.82, 2.24) is 4.98 Å². The molecule has 3 rings (SSSR count). The molecule has 3 aromatic rings. The second kappa shape index (κ2) is 6.99. The summed E-state index contributed by atoms with van der Waals surface area (Å²) in [7, 11) is 0. The lowest BCUT2D eigenvalue weighted by Gasteiger charge is -2.06. The smallest absolute Gasteiger partial charge is 0.195 e. The zero-order valence-electron chi connectivity index (χ0n) is 12.2. The number of halogens is 1. The number of nitrogens with zero attached hydrogens (tertiary/aromatic N) is 2. The Kier molecular flexibility index (Phi) is 4.60. The summed E-state index contributed by atoms with van der Waals surface area (Å²) in [6.45, 7) is 0. The highest BCUT2D eigenvalue weighted by molar-refractivity contribution is 6.31. The summed E-state index contributed by atoms with van der Waals surface area (Å²) in [5.74, 6) is -0.105. The van der Waals surface area contributed by atoms with Crippen LogP contribution in [0.5, 0.6) is 0 Å². The second-order valence-electron chi connectivity index (χ2n) is 4.90. The Hall–Kier alpha value is -2.78. The first-order chi connectivity index (χ1) is 11.2. The van der Waals surface area contributed by atoms with Crippen molar-refractivity contribution in [2.24, 2.45) is 4.99 Å². The van der Waals surface area contributed by atoms with Crippen molar-refractivity contribution in [2.45, 2.75) is 0 Å². The first kappa shape index (κ1) is 15.1. The number of carbonyl (C=O) groups excluding carboxylic acids is 1. The number of hydrogen-bond donors (Lipinski definition) is 0. The van der Waals surface area contributed by atoms with E-state index >= 15 is 0 Å². The molecule has 4 heteroatoms. The third-order valence-corrected chi connectivity index (χ3v) is 3.51. The van der Waals surface area contributed by atoms with Gasteiger partial charge in [0, 0.05) is 40.3 Å². The van der Waals surface area contributed by atoms with E-state index in [0.29, 0.717) is 21.8 Å². The van der Waals surface area contributed by atoms with Crippen LogP contribution in [-0.4, -0.2) is 17.0 Å². The number of benzene rings is 2. The van der Waals surface area contributed by atoms with Gasteiger partial charge >= 0.3 is 0 Å². The van der Waals surface area contributed by atoms with Gasteiger partial charge in [-0.1, -0.05) is 48.0 Å². The number of aliphatic imine (C=N–C) groups is 1. The quantitative estimate of drug-likeness (QED) is 0.516. The summed E-state index contributed by atoms with van der Waals surface area (Å²) in [5, 5.41) is 0.504. The fourth-order valence-electron chi connectivity index (χ4n) is 2.14. The Morgan fingerprint density at radius 1 is 1.04 bits per heavy atom. The average molecular weight is 321 g/mol. The van der Waals surface area contributed by atoms with Crippen LogP contribution >= 0.6 is 11.6 Å². The van der Waals surface area contributed by atoms with Gasteiger partial charge in [-0.2, -0.15) is 0 Å². The van der Waals surface area contributed by atoms with E-state index in [1.54, 1.807) is 48.9 Å². The number of carbonyl (C=O) groups is 1. The van der Waals surface area contributed by atoms with Gasteiger partial charge in [-0.25, -0.2) is 0 Å².